The van der Waals surface area contributed by atoms with Crippen LogP contribution in [0.1, 0.15) is 6.42 Å². The monoisotopic (exact) mass is 341 g/mol. The number of hydrogen-bond acceptors (Lipinski definition) is 5. The number of aromatic nitrogens is 1. The molecule has 3 rings (SSSR count). The Kier molecular flexibility index (Phi) is 4.83. The van der Waals surface area contributed by atoms with E-state index < -0.39 is 5.92 Å². The van der Waals surface area contributed by atoms with E-state index in [9.17, 15) is 9.59 Å². The third-order valence-corrected chi connectivity index (χ3v) is 4.09. The smallest absolute Gasteiger partial charge is 0.230 e. The fourth-order valence-electron chi connectivity index (χ4n) is 2.79. The largest absolute Gasteiger partial charge is 0.497 e. The van der Waals surface area contributed by atoms with Gasteiger partial charge in [0.1, 0.15) is 17.3 Å². The molecule has 0 spiro atoms. The molecule has 2 amide bonds. The van der Waals surface area contributed by atoms with E-state index in [0.717, 1.165) is 0 Å². The summed E-state index contributed by atoms with van der Waals surface area (Å²) in [5.41, 5.74) is 0.597. The summed E-state index contributed by atoms with van der Waals surface area (Å²) in [6.07, 6.45) is 1.74. The number of rotatable bonds is 5. The van der Waals surface area contributed by atoms with Gasteiger partial charge in [0.2, 0.25) is 11.8 Å². The van der Waals surface area contributed by atoms with Gasteiger partial charge in [0.15, 0.2) is 0 Å². The highest BCUT2D eigenvalue weighted by molar-refractivity contribution is 6.04. The predicted octanol–water partition coefficient (Wildman–Crippen LogP) is 2.09. The summed E-state index contributed by atoms with van der Waals surface area (Å²) in [5.74, 6) is 0.830. The van der Waals surface area contributed by atoms with E-state index in [-0.39, 0.29) is 24.8 Å². The fourth-order valence-corrected chi connectivity index (χ4v) is 2.79. The first-order chi connectivity index (χ1) is 12.1. The minimum Gasteiger partial charge on any atom is -0.497 e. The molecule has 0 aliphatic carbocycles. The Morgan fingerprint density at radius 2 is 2.08 bits per heavy atom. The highest BCUT2D eigenvalue weighted by atomic mass is 16.5. The molecule has 1 atom stereocenters. The second kappa shape index (κ2) is 7.21. The highest BCUT2D eigenvalue weighted by Crippen LogP contribution is 2.36. The van der Waals surface area contributed by atoms with Crippen molar-refractivity contribution in [2.24, 2.45) is 5.92 Å². The van der Waals surface area contributed by atoms with Gasteiger partial charge in [0.05, 0.1) is 25.8 Å². The molecule has 1 aliphatic rings. The SMILES string of the molecule is COc1ccc(OC)c(N2CC(C(=O)Nc3ccccn3)CC2=O)c1. The van der Waals surface area contributed by atoms with Crippen LogP contribution in [0.25, 0.3) is 0 Å². The molecule has 7 nitrogen and oxygen atoms in total. The van der Waals surface area contributed by atoms with Gasteiger partial charge in [-0.15, -0.1) is 0 Å². The van der Waals surface area contributed by atoms with Crippen LogP contribution in [0, 0.1) is 5.92 Å². The van der Waals surface area contributed by atoms with Crippen LogP contribution in [-0.4, -0.2) is 37.6 Å². The topological polar surface area (TPSA) is 80.8 Å². The van der Waals surface area contributed by atoms with Gasteiger partial charge in [-0.25, -0.2) is 4.98 Å². The van der Waals surface area contributed by atoms with Crippen molar-refractivity contribution in [3.05, 3.63) is 42.6 Å². The number of anilines is 2. The first-order valence-corrected chi connectivity index (χ1v) is 7.86. The van der Waals surface area contributed by atoms with Gasteiger partial charge in [0.25, 0.3) is 0 Å². The molecule has 1 fully saturated rings. The van der Waals surface area contributed by atoms with E-state index in [1.165, 1.54) is 7.11 Å². The second-order valence-corrected chi connectivity index (χ2v) is 5.65. The normalized spacial score (nSPS) is 16.6. The lowest BCUT2D eigenvalue weighted by molar-refractivity contribution is -0.122. The van der Waals surface area contributed by atoms with Crippen LogP contribution in [0.5, 0.6) is 11.5 Å². The van der Waals surface area contributed by atoms with E-state index >= 15 is 0 Å². The van der Waals surface area contributed by atoms with Crippen LogP contribution in [0.15, 0.2) is 42.6 Å². The minimum atomic E-state index is -0.453. The molecule has 0 saturated carbocycles. The molecule has 1 N–H and O–H groups in total. The molecule has 130 valence electrons. The average Bonchev–Trinajstić information content (AvgIpc) is 3.03. The third-order valence-electron chi connectivity index (χ3n) is 4.09. The number of nitrogens with one attached hydrogen (secondary N) is 1. The van der Waals surface area contributed by atoms with Crippen molar-refractivity contribution in [2.45, 2.75) is 6.42 Å². The van der Waals surface area contributed by atoms with Gasteiger partial charge >= 0.3 is 0 Å². The maximum absolute atomic E-state index is 12.4. The predicted molar refractivity (Wildman–Crippen MR) is 92.9 cm³/mol. The molecule has 0 bridgehead atoms. The standard InChI is InChI=1S/C18H19N3O4/c1-24-13-6-7-15(25-2)14(10-13)21-11-12(9-17(21)22)18(23)20-16-5-3-4-8-19-16/h3-8,10,12H,9,11H2,1-2H3,(H,19,20,23). The number of carbonyl (C=O) groups excluding carboxylic acids is 2. The summed E-state index contributed by atoms with van der Waals surface area (Å²) in [6, 6.07) is 10.5. The molecule has 0 radical (unpaired) electrons. The zero-order valence-corrected chi connectivity index (χ0v) is 14.1. The Labute approximate surface area is 145 Å². The summed E-state index contributed by atoms with van der Waals surface area (Å²) in [6.45, 7) is 0.279. The molecule has 7 heteroatoms. The number of methoxy groups -OCH3 is 2. The van der Waals surface area contributed by atoms with Gasteiger partial charge < -0.3 is 19.7 Å². The maximum atomic E-state index is 12.4. The van der Waals surface area contributed by atoms with Crippen LogP contribution >= 0.6 is 0 Å². The quantitative estimate of drug-likeness (QED) is 0.901. The van der Waals surface area contributed by atoms with Crippen molar-refractivity contribution < 1.29 is 19.1 Å². The molecule has 1 aliphatic heterocycles. The Hall–Kier alpha value is -3.09. The molecular formula is C18H19N3O4. The van der Waals surface area contributed by atoms with E-state index in [4.69, 9.17) is 9.47 Å². The molecule has 1 aromatic carbocycles. The van der Waals surface area contributed by atoms with Crippen LogP contribution in [0.2, 0.25) is 0 Å². The Morgan fingerprint density at radius 3 is 2.76 bits per heavy atom. The molecule has 25 heavy (non-hydrogen) atoms. The number of hydrogen-bond donors (Lipinski definition) is 1. The maximum Gasteiger partial charge on any atom is 0.230 e. The van der Waals surface area contributed by atoms with Gasteiger partial charge in [-0.1, -0.05) is 6.07 Å². The zero-order valence-electron chi connectivity index (χ0n) is 14.1. The number of benzene rings is 1. The fraction of sp³-hybridized carbons (Fsp3) is 0.278. The number of carbonyl (C=O) groups is 2. The number of ether oxygens (including phenoxy) is 2. The number of nitrogens with zero attached hydrogens (tertiary/aromatic N) is 2. The summed E-state index contributed by atoms with van der Waals surface area (Å²) >= 11 is 0. The van der Waals surface area contributed by atoms with Crippen molar-refractivity contribution in [1.82, 2.24) is 4.98 Å². The van der Waals surface area contributed by atoms with Crippen LogP contribution in [0.4, 0.5) is 11.5 Å². The van der Waals surface area contributed by atoms with Crippen LogP contribution < -0.4 is 19.7 Å². The molecule has 1 unspecified atom stereocenters. The summed E-state index contributed by atoms with van der Waals surface area (Å²) < 4.78 is 10.6. The van der Waals surface area contributed by atoms with Crippen molar-refractivity contribution in [3.63, 3.8) is 0 Å². The number of amides is 2. The van der Waals surface area contributed by atoms with E-state index in [1.54, 1.807) is 54.6 Å². The minimum absolute atomic E-state index is 0.132. The van der Waals surface area contributed by atoms with Gasteiger partial charge in [-0.3, -0.25) is 9.59 Å². The lowest BCUT2D eigenvalue weighted by Crippen LogP contribution is -2.28. The summed E-state index contributed by atoms with van der Waals surface area (Å²) in [7, 11) is 3.09. The molecule has 2 aromatic rings. The van der Waals surface area contributed by atoms with E-state index in [2.05, 4.69) is 10.3 Å². The molecule has 1 saturated heterocycles. The molecular weight excluding hydrogens is 322 g/mol. The lowest BCUT2D eigenvalue weighted by atomic mass is 10.1. The zero-order chi connectivity index (χ0) is 17.8. The van der Waals surface area contributed by atoms with Crippen molar-refractivity contribution in [2.75, 3.05) is 31.0 Å². The highest BCUT2D eigenvalue weighted by Gasteiger charge is 2.36. The van der Waals surface area contributed by atoms with Crippen molar-refractivity contribution >= 4 is 23.3 Å². The molecule has 2 heterocycles. The van der Waals surface area contributed by atoms with Crippen molar-refractivity contribution in [1.29, 1.82) is 0 Å². The number of pyridine rings is 1. The molecule has 1 aromatic heterocycles. The third kappa shape index (κ3) is 3.55. The van der Waals surface area contributed by atoms with Crippen molar-refractivity contribution in [3.8, 4) is 11.5 Å². The van der Waals surface area contributed by atoms with E-state index in [0.29, 0.717) is 23.0 Å². The van der Waals surface area contributed by atoms with Gasteiger partial charge in [0, 0.05) is 25.2 Å². The lowest BCUT2D eigenvalue weighted by Gasteiger charge is -2.20. The van der Waals surface area contributed by atoms with Crippen LogP contribution in [0.3, 0.4) is 0 Å². The Bertz CT molecular complexity index is 779. The first kappa shape index (κ1) is 16.8. The first-order valence-electron chi connectivity index (χ1n) is 7.86. The van der Waals surface area contributed by atoms with Gasteiger partial charge in [-0.2, -0.15) is 0 Å². The Balaban J connectivity index is 1.77. The average molecular weight is 341 g/mol. The summed E-state index contributed by atoms with van der Waals surface area (Å²) in [5, 5.41) is 2.74. The van der Waals surface area contributed by atoms with Gasteiger partial charge in [-0.05, 0) is 24.3 Å². The Morgan fingerprint density at radius 1 is 1.24 bits per heavy atom. The second-order valence-electron chi connectivity index (χ2n) is 5.65. The van der Waals surface area contributed by atoms with E-state index in [1.807, 2.05) is 0 Å². The summed E-state index contributed by atoms with van der Waals surface area (Å²) in [4.78, 5) is 30.5. The van der Waals surface area contributed by atoms with Crippen LogP contribution in [-0.2, 0) is 9.59 Å².